The van der Waals surface area contributed by atoms with Crippen LogP contribution >= 0.6 is 0 Å². The second kappa shape index (κ2) is 9.09. The molecule has 2 bridgehead atoms. The molecule has 36 heavy (non-hydrogen) atoms. The fourth-order valence-corrected chi connectivity index (χ4v) is 4.45. The van der Waals surface area contributed by atoms with Crippen LogP contribution in [-0.4, -0.2) is 68.4 Å². The number of aromatic amines is 1. The molecule has 0 aliphatic carbocycles. The molecule has 5 rings (SSSR count). The molecule has 11 nitrogen and oxygen atoms in total. The van der Waals surface area contributed by atoms with Crippen LogP contribution in [0.2, 0.25) is 0 Å². The highest BCUT2D eigenvalue weighted by Crippen LogP contribution is 2.39. The molecule has 0 unspecified atom stereocenters. The number of hydrogen-bond donors (Lipinski definition) is 3. The van der Waals surface area contributed by atoms with Crippen molar-refractivity contribution >= 4 is 29.3 Å². The van der Waals surface area contributed by atoms with Gasteiger partial charge in [-0.2, -0.15) is 18.3 Å². The maximum atomic E-state index is 13.4. The van der Waals surface area contributed by atoms with E-state index in [1.54, 1.807) is 18.2 Å². The third-order valence-corrected chi connectivity index (χ3v) is 6.00. The number of halogens is 3. The van der Waals surface area contributed by atoms with E-state index >= 15 is 0 Å². The van der Waals surface area contributed by atoms with Crippen molar-refractivity contribution in [3.8, 4) is 11.4 Å². The molecular weight excluding hydrogens is 479 g/mol. The number of H-pyrrole nitrogens is 1. The molecule has 0 saturated carbocycles. The number of aromatic nitrogens is 5. The highest BCUT2D eigenvalue weighted by atomic mass is 19.4. The summed E-state index contributed by atoms with van der Waals surface area (Å²) in [6.45, 7) is 2.58. The Bertz CT molecular complexity index is 1280. The number of nitrogens with one attached hydrogen (secondary N) is 3. The van der Waals surface area contributed by atoms with E-state index in [0.717, 1.165) is 0 Å². The fraction of sp³-hybridized carbons (Fsp3) is 0.364. The number of amides is 3. The number of pyridine rings is 2. The normalized spacial score (nSPS) is 17.5. The van der Waals surface area contributed by atoms with E-state index in [9.17, 15) is 22.8 Å². The van der Waals surface area contributed by atoms with Crippen molar-refractivity contribution in [3.63, 3.8) is 0 Å². The van der Waals surface area contributed by atoms with Crippen LogP contribution in [0.3, 0.4) is 0 Å². The molecule has 0 spiro atoms. The lowest BCUT2D eigenvalue weighted by molar-refractivity contribution is -0.138. The second-order valence-electron chi connectivity index (χ2n) is 8.69. The van der Waals surface area contributed by atoms with Crippen molar-refractivity contribution < 1.29 is 22.8 Å². The van der Waals surface area contributed by atoms with Crippen molar-refractivity contribution in [2.24, 2.45) is 0 Å². The summed E-state index contributed by atoms with van der Waals surface area (Å²) in [5.41, 5.74) is 1.27. The number of hydrogen-bond acceptors (Lipinski definition) is 7. The molecule has 2 aliphatic rings. The first-order valence-corrected chi connectivity index (χ1v) is 11.2. The molecule has 0 radical (unpaired) electrons. The Morgan fingerprint density at radius 2 is 2.08 bits per heavy atom. The number of carbonyl (C=O) groups excluding carboxylic acids is 2. The topological polar surface area (TPSA) is 132 Å². The van der Waals surface area contributed by atoms with Crippen molar-refractivity contribution in [1.82, 2.24) is 30.5 Å². The lowest BCUT2D eigenvalue weighted by Gasteiger charge is -2.35. The first-order chi connectivity index (χ1) is 17.2. The molecule has 3 aromatic rings. The van der Waals surface area contributed by atoms with Crippen molar-refractivity contribution in [3.05, 3.63) is 42.5 Å². The van der Waals surface area contributed by atoms with Gasteiger partial charge in [-0.25, -0.2) is 19.7 Å². The third kappa shape index (κ3) is 4.78. The van der Waals surface area contributed by atoms with Gasteiger partial charge in [0.25, 0.3) is 5.91 Å². The average molecular weight is 501 g/mol. The van der Waals surface area contributed by atoms with E-state index in [-0.39, 0.29) is 23.4 Å². The maximum absolute atomic E-state index is 13.4. The van der Waals surface area contributed by atoms with Gasteiger partial charge in [0.1, 0.15) is 17.8 Å². The summed E-state index contributed by atoms with van der Waals surface area (Å²) in [7, 11) is 0. The number of rotatable bonds is 5. The van der Waals surface area contributed by atoms with Crippen molar-refractivity contribution in [2.75, 3.05) is 28.2 Å². The number of anilines is 3. The van der Waals surface area contributed by atoms with Crippen LogP contribution in [0.1, 0.15) is 30.3 Å². The van der Waals surface area contributed by atoms with Gasteiger partial charge in [-0.1, -0.05) is 0 Å². The summed E-state index contributed by atoms with van der Waals surface area (Å²) in [6, 6.07) is 4.67. The number of fused-ring (bicyclic) bond motifs is 4. The Balaban J connectivity index is 1.39. The SMILES string of the molecule is C[C@H](CC(F)(F)F)NC(=O)c1ccc2c(n1)N(C(=O)Nc1cc(-c3ncn[nH]3)ccn1)[C@H]1CCN2C1. The van der Waals surface area contributed by atoms with E-state index < -0.39 is 30.6 Å². The van der Waals surface area contributed by atoms with Crippen LogP contribution in [0.15, 0.2) is 36.8 Å². The van der Waals surface area contributed by atoms with Gasteiger partial charge in [-0.05, 0) is 37.6 Å². The monoisotopic (exact) mass is 501 g/mol. The minimum absolute atomic E-state index is 0.0754. The molecule has 1 fully saturated rings. The second-order valence-corrected chi connectivity index (χ2v) is 8.69. The Morgan fingerprint density at radius 3 is 2.83 bits per heavy atom. The van der Waals surface area contributed by atoms with E-state index in [1.807, 2.05) is 0 Å². The molecule has 3 amide bonds. The highest BCUT2D eigenvalue weighted by molar-refractivity contribution is 6.05. The van der Waals surface area contributed by atoms with Gasteiger partial charge in [-0.15, -0.1) is 0 Å². The van der Waals surface area contributed by atoms with Crippen LogP contribution in [-0.2, 0) is 0 Å². The molecule has 3 aromatic heterocycles. The zero-order chi connectivity index (χ0) is 25.4. The van der Waals surface area contributed by atoms with Crippen LogP contribution in [0.4, 0.5) is 35.3 Å². The molecule has 14 heteroatoms. The van der Waals surface area contributed by atoms with Gasteiger partial charge in [-0.3, -0.25) is 20.1 Å². The quantitative estimate of drug-likeness (QED) is 0.490. The van der Waals surface area contributed by atoms with E-state index in [4.69, 9.17) is 0 Å². The summed E-state index contributed by atoms with van der Waals surface area (Å²) >= 11 is 0. The molecule has 188 valence electrons. The number of nitrogens with zero attached hydrogens (tertiary/aromatic N) is 6. The van der Waals surface area contributed by atoms with Crippen LogP contribution in [0.25, 0.3) is 11.4 Å². The zero-order valence-electron chi connectivity index (χ0n) is 19.1. The van der Waals surface area contributed by atoms with Gasteiger partial charge in [0.15, 0.2) is 11.6 Å². The Hall–Kier alpha value is -4.23. The summed E-state index contributed by atoms with van der Waals surface area (Å²) in [4.78, 5) is 42.2. The van der Waals surface area contributed by atoms with Gasteiger partial charge in [0, 0.05) is 30.9 Å². The van der Waals surface area contributed by atoms with Crippen LogP contribution < -0.4 is 20.4 Å². The standard InChI is InChI=1S/C22H22F3N9O2/c1-12(9-22(23,24)25)29-20(35)15-2-3-16-19(30-15)34(14-5-7-33(16)10-14)21(36)31-17-8-13(4-6-26-17)18-27-11-28-32-18/h2-4,6,8,11-12,14H,5,7,9-10H2,1H3,(H,29,35)(H,26,31,36)(H,27,28,32)/t12-,14+/m1/s1. The van der Waals surface area contributed by atoms with Crippen molar-refractivity contribution in [1.29, 1.82) is 0 Å². The smallest absolute Gasteiger partial charge is 0.366 e. The molecule has 2 atom stereocenters. The zero-order valence-corrected chi connectivity index (χ0v) is 19.1. The maximum Gasteiger partial charge on any atom is 0.391 e. The molecule has 1 saturated heterocycles. The van der Waals surface area contributed by atoms with Gasteiger partial charge in [0.2, 0.25) is 0 Å². The first-order valence-electron chi connectivity index (χ1n) is 11.2. The van der Waals surface area contributed by atoms with E-state index in [2.05, 4.69) is 40.7 Å². The molecule has 0 aromatic carbocycles. The van der Waals surface area contributed by atoms with Gasteiger partial charge < -0.3 is 10.2 Å². The number of alkyl halides is 3. The summed E-state index contributed by atoms with van der Waals surface area (Å²) in [5, 5.41) is 11.7. The summed E-state index contributed by atoms with van der Waals surface area (Å²) in [6.07, 6.45) is -1.98. The molecule has 3 N–H and O–H groups in total. The van der Waals surface area contributed by atoms with Crippen LogP contribution in [0.5, 0.6) is 0 Å². The van der Waals surface area contributed by atoms with Gasteiger partial charge in [0.05, 0.1) is 18.2 Å². The predicted octanol–water partition coefficient (Wildman–Crippen LogP) is 2.96. The lowest BCUT2D eigenvalue weighted by atomic mass is 10.1. The predicted molar refractivity (Wildman–Crippen MR) is 124 cm³/mol. The first kappa shape index (κ1) is 23.5. The summed E-state index contributed by atoms with van der Waals surface area (Å²) < 4.78 is 38.0. The number of urea groups is 1. The Kier molecular flexibility index (Phi) is 5.94. The Labute approximate surface area is 203 Å². The molecule has 2 aliphatic heterocycles. The fourth-order valence-electron chi connectivity index (χ4n) is 4.45. The summed E-state index contributed by atoms with van der Waals surface area (Å²) in [5.74, 6) is 0.318. The minimum atomic E-state index is -4.41. The number of carbonyl (C=O) groups is 2. The van der Waals surface area contributed by atoms with E-state index in [1.165, 1.54) is 30.4 Å². The van der Waals surface area contributed by atoms with E-state index in [0.29, 0.717) is 36.6 Å². The highest BCUT2D eigenvalue weighted by Gasteiger charge is 2.41. The minimum Gasteiger partial charge on any atom is -0.366 e. The lowest BCUT2D eigenvalue weighted by Crippen LogP contribution is -2.48. The van der Waals surface area contributed by atoms with Gasteiger partial charge >= 0.3 is 12.2 Å². The molecule has 5 heterocycles. The Morgan fingerprint density at radius 1 is 1.25 bits per heavy atom. The third-order valence-electron chi connectivity index (χ3n) is 6.00. The van der Waals surface area contributed by atoms with Crippen LogP contribution in [0, 0.1) is 0 Å². The van der Waals surface area contributed by atoms with Crippen molar-refractivity contribution in [2.45, 2.75) is 38.0 Å². The largest absolute Gasteiger partial charge is 0.391 e. The average Bonchev–Trinajstić information content (AvgIpc) is 3.49. The molecular formula is C22H22F3N9O2.